The number of nitrogens with zero attached hydrogens (tertiary/aromatic N) is 3. The molecule has 2 aliphatic heterocycles. The average molecular weight is 401 g/mol. The molecule has 0 spiro atoms. The normalized spacial score (nSPS) is 22.7. The first kappa shape index (κ1) is 20.6. The van der Waals surface area contributed by atoms with Gasteiger partial charge in [0.15, 0.2) is 0 Å². The van der Waals surface area contributed by atoms with Gasteiger partial charge in [-0.25, -0.2) is 4.98 Å². The van der Waals surface area contributed by atoms with E-state index in [1.54, 1.807) is 0 Å². The van der Waals surface area contributed by atoms with E-state index in [1.807, 2.05) is 32.2 Å². The molecule has 1 saturated carbocycles. The van der Waals surface area contributed by atoms with Gasteiger partial charge in [0.25, 0.3) is 5.91 Å². The zero-order chi connectivity index (χ0) is 20.2. The Bertz CT molecular complexity index is 658. The highest BCUT2D eigenvalue weighted by molar-refractivity contribution is 5.92. The van der Waals surface area contributed by atoms with Crippen LogP contribution in [0.2, 0.25) is 0 Å². The minimum Gasteiger partial charge on any atom is -0.375 e. The second kappa shape index (κ2) is 9.43. The van der Waals surface area contributed by atoms with Gasteiger partial charge in [0.05, 0.1) is 24.1 Å². The van der Waals surface area contributed by atoms with Gasteiger partial charge in [-0.05, 0) is 64.5 Å². The maximum Gasteiger partial charge on any atom is 0.270 e. The summed E-state index contributed by atoms with van der Waals surface area (Å²) < 4.78 is 6.46. The molecule has 0 radical (unpaired) electrons. The summed E-state index contributed by atoms with van der Waals surface area (Å²) in [6.45, 7) is 8.33. The van der Waals surface area contributed by atoms with Crippen LogP contribution in [-0.2, 0) is 4.74 Å². The number of likely N-dealkylation sites (tertiary alicyclic amines) is 1. The lowest BCUT2D eigenvalue weighted by Gasteiger charge is -2.43. The third kappa shape index (κ3) is 5.28. The average Bonchev–Trinajstić information content (AvgIpc) is 2.68. The Morgan fingerprint density at radius 1 is 1.03 bits per heavy atom. The van der Waals surface area contributed by atoms with E-state index < -0.39 is 0 Å². The number of piperidine rings is 2. The van der Waals surface area contributed by atoms with Gasteiger partial charge in [-0.1, -0.05) is 6.42 Å². The van der Waals surface area contributed by atoms with E-state index in [2.05, 4.69) is 20.1 Å². The smallest absolute Gasteiger partial charge is 0.270 e. The summed E-state index contributed by atoms with van der Waals surface area (Å²) in [6, 6.07) is 4.83. The molecule has 0 aromatic carbocycles. The standard InChI is InChI=1S/C23H36N4O2/c1-17(2)25-23(28)22-7-6-19(16-24-22)27-14-10-21(11-15-27)29-20-8-12-26(13-9-20)18-4-3-5-18/h6-7,16-18,20-21H,3-5,8-15H2,1-2H3,(H,25,28). The van der Waals surface area contributed by atoms with Crippen LogP contribution in [0.5, 0.6) is 0 Å². The van der Waals surface area contributed by atoms with Gasteiger partial charge < -0.3 is 19.9 Å². The molecule has 1 N–H and O–H groups in total. The second-order valence-electron chi connectivity index (χ2n) is 9.17. The molecule has 1 aromatic heterocycles. The van der Waals surface area contributed by atoms with Crippen molar-refractivity contribution in [3.8, 4) is 0 Å². The molecular weight excluding hydrogens is 364 g/mol. The molecule has 0 bridgehead atoms. The number of hydrogen-bond acceptors (Lipinski definition) is 5. The minimum atomic E-state index is -0.109. The molecule has 1 aromatic rings. The van der Waals surface area contributed by atoms with Crippen molar-refractivity contribution in [2.24, 2.45) is 0 Å². The van der Waals surface area contributed by atoms with Crippen molar-refractivity contribution in [2.75, 3.05) is 31.1 Å². The van der Waals surface area contributed by atoms with E-state index in [0.29, 0.717) is 17.9 Å². The second-order valence-corrected chi connectivity index (χ2v) is 9.17. The van der Waals surface area contributed by atoms with E-state index in [1.165, 1.54) is 45.2 Å². The fourth-order valence-corrected chi connectivity index (χ4v) is 4.69. The van der Waals surface area contributed by atoms with E-state index in [4.69, 9.17) is 4.74 Å². The molecular formula is C23H36N4O2. The summed E-state index contributed by atoms with van der Waals surface area (Å²) in [6.07, 6.45) is 11.4. The number of anilines is 1. The Hall–Kier alpha value is -1.66. The first-order valence-electron chi connectivity index (χ1n) is 11.5. The number of amides is 1. The molecule has 1 amide bonds. The van der Waals surface area contributed by atoms with Gasteiger partial charge in [-0.2, -0.15) is 0 Å². The Balaban J connectivity index is 1.20. The number of carbonyl (C=O) groups excluding carboxylic acids is 1. The van der Waals surface area contributed by atoms with Crippen LogP contribution in [0.3, 0.4) is 0 Å². The van der Waals surface area contributed by atoms with Crippen LogP contribution in [0, 0.1) is 0 Å². The fourth-order valence-electron chi connectivity index (χ4n) is 4.69. The molecule has 6 heteroatoms. The van der Waals surface area contributed by atoms with Crippen LogP contribution in [0.25, 0.3) is 0 Å². The number of hydrogen-bond donors (Lipinski definition) is 1. The van der Waals surface area contributed by atoms with Crippen molar-refractivity contribution in [2.45, 2.75) is 83.1 Å². The lowest BCUT2D eigenvalue weighted by atomic mass is 9.89. The first-order valence-corrected chi connectivity index (χ1v) is 11.5. The third-order valence-electron chi connectivity index (χ3n) is 6.66. The highest BCUT2D eigenvalue weighted by Crippen LogP contribution is 2.29. The molecule has 3 aliphatic rings. The number of aromatic nitrogens is 1. The number of rotatable bonds is 6. The van der Waals surface area contributed by atoms with E-state index in [0.717, 1.165) is 37.7 Å². The Labute approximate surface area is 175 Å². The van der Waals surface area contributed by atoms with E-state index >= 15 is 0 Å². The molecule has 0 unspecified atom stereocenters. The summed E-state index contributed by atoms with van der Waals surface area (Å²) >= 11 is 0. The molecule has 29 heavy (non-hydrogen) atoms. The molecule has 1 aliphatic carbocycles. The van der Waals surface area contributed by atoms with Crippen LogP contribution in [0.1, 0.15) is 69.3 Å². The summed E-state index contributed by atoms with van der Waals surface area (Å²) in [4.78, 5) is 21.5. The van der Waals surface area contributed by atoms with Crippen molar-refractivity contribution < 1.29 is 9.53 Å². The predicted octanol–water partition coefficient (Wildman–Crippen LogP) is 3.22. The summed E-state index contributed by atoms with van der Waals surface area (Å²) in [5.74, 6) is -0.109. The highest BCUT2D eigenvalue weighted by Gasteiger charge is 2.30. The third-order valence-corrected chi connectivity index (χ3v) is 6.66. The quantitative estimate of drug-likeness (QED) is 0.795. The lowest BCUT2D eigenvalue weighted by molar-refractivity contribution is -0.0598. The predicted molar refractivity (Wildman–Crippen MR) is 115 cm³/mol. The van der Waals surface area contributed by atoms with Crippen LogP contribution in [-0.4, -0.2) is 66.3 Å². The van der Waals surface area contributed by atoms with Crippen LogP contribution >= 0.6 is 0 Å². The first-order chi connectivity index (χ1) is 14.1. The van der Waals surface area contributed by atoms with Gasteiger partial charge in [0, 0.05) is 38.3 Å². The SMILES string of the molecule is CC(C)NC(=O)c1ccc(N2CCC(OC3CCN(C4CCC4)CC3)CC2)cn1. The number of carbonyl (C=O) groups is 1. The molecule has 160 valence electrons. The topological polar surface area (TPSA) is 57.7 Å². The van der Waals surface area contributed by atoms with Gasteiger partial charge >= 0.3 is 0 Å². The Kier molecular flexibility index (Phi) is 6.70. The number of nitrogens with one attached hydrogen (secondary N) is 1. The Morgan fingerprint density at radius 2 is 1.69 bits per heavy atom. The number of ether oxygens (including phenoxy) is 1. The molecule has 0 atom stereocenters. The molecule has 4 rings (SSSR count). The summed E-state index contributed by atoms with van der Waals surface area (Å²) in [5, 5.41) is 2.88. The Morgan fingerprint density at radius 3 is 2.21 bits per heavy atom. The number of pyridine rings is 1. The van der Waals surface area contributed by atoms with Crippen molar-refractivity contribution in [1.29, 1.82) is 0 Å². The maximum atomic E-state index is 12.0. The van der Waals surface area contributed by atoms with Crippen molar-refractivity contribution in [3.05, 3.63) is 24.0 Å². The van der Waals surface area contributed by atoms with Crippen LogP contribution in [0.4, 0.5) is 5.69 Å². The van der Waals surface area contributed by atoms with E-state index in [9.17, 15) is 4.79 Å². The van der Waals surface area contributed by atoms with Gasteiger partial charge in [0.2, 0.25) is 0 Å². The van der Waals surface area contributed by atoms with Gasteiger partial charge in [-0.15, -0.1) is 0 Å². The monoisotopic (exact) mass is 400 g/mol. The molecule has 3 heterocycles. The lowest BCUT2D eigenvalue weighted by Crippen LogP contribution is -2.47. The zero-order valence-electron chi connectivity index (χ0n) is 18.0. The van der Waals surface area contributed by atoms with Crippen molar-refractivity contribution in [3.63, 3.8) is 0 Å². The van der Waals surface area contributed by atoms with Crippen LogP contribution in [0.15, 0.2) is 18.3 Å². The highest BCUT2D eigenvalue weighted by atomic mass is 16.5. The summed E-state index contributed by atoms with van der Waals surface area (Å²) in [7, 11) is 0. The minimum absolute atomic E-state index is 0.109. The summed E-state index contributed by atoms with van der Waals surface area (Å²) in [5.41, 5.74) is 1.58. The van der Waals surface area contributed by atoms with Gasteiger partial charge in [0.1, 0.15) is 5.69 Å². The van der Waals surface area contributed by atoms with Crippen molar-refractivity contribution in [1.82, 2.24) is 15.2 Å². The van der Waals surface area contributed by atoms with E-state index in [-0.39, 0.29) is 11.9 Å². The van der Waals surface area contributed by atoms with Crippen LogP contribution < -0.4 is 10.2 Å². The molecule has 3 fully saturated rings. The largest absolute Gasteiger partial charge is 0.375 e. The molecule has 6 nitrogen and oxygen atoms in total. The van der Waals surface area contributed by atoms with Gasteiger partial charge in [-0.3, -0.25) is 4.79 Å². The fraction of sp³-hybridized carbons (Fsp3) is 0.739. The molecule has 2 saturated heterocycles. The van der Waals surface area contributed by atoms with Crippen molar-refractivity contribution >= 4 is 11.6 Å². The zero-order valence-corrected chi connectivity index (χ0v) is 18.0. The maximum absolute atomic E-state index is 12.0.